The Morgan fingerprint density at radius 1 is 1.33 bits per heavy atom. The van der Waals surface area contributed by atoms with Gasteiger partial charge in [0.05, 0.1) is 19.3 Å². The van der Waals surface area contributed by atoms with Gasteiger partial charge in [0.25, 0.3) is 0 Å². The fraction of sp³-hybridized carbons (Fsp3) is 0.562. The maximum absolute atomic E-state index is 12.0. The lowest BCUT2D eigenvalue weighted by Crippen LogP contribution is -2.29. The van der Waals surface area contributed by atoms with Crippen LogP contribution < -0.4 is 0 Å². The molecule has 21 heavy (non-hydrogen) atoms. The van der Waals surface area contributed by atoms with E-state index in [1.807, 2.05) is 35.2 Å². The molecule has 0 spiro atoms. The summed E-state index contributed by atoms with van der Waals surface area (Å²) < 4.78 is 10.9. The zero-order chi connectivity index (χ0) is 15.1. The summed E-state index contributed by atoms with van der Waals surface area (Å²) in [6.07, 6.45) is 1.74. The maximum atomic E-state index is 12.0. The second-order valence-electron chi connectivity index (χ2n) is 5.22. The summed E-state index contributed by atoms with van der Waals surface area (Å²) in [6.45, 7) is 2.45. The van der Waals surface area contributed by atoms with E-state index in [0.717, 1.165) is 20.0 Å². The molecule has 2 atom stereocenters. The Morgan fingerprint density at radius 3 is 2.81 bits per heavy atom. The fourth-order valence-electron chi connectivity index (χ4n) is 2.82. The molecule has 2 aliphatic rings. The number of hydrogen-bond acceptors (Lipinski definition) is 4. The summed E-state index contributed by atoms with van der Waals surface area (Å²) >= 11 is 0. The first kappa shape index (κ1) is 15.9. The number of carbonyl (C=O) groups excluding carboxylic acids is 1. The highest BCUT2D eigenvalue weighted by molar-refractivity contribution is 5.81. The van der Waals surface area contributed by atoms with Crippen LogP contribution in [0.1, 0.15) is 18.4 Å². The lowest BCUT2D eigenvalue weighted by Gasteiger charge is -2.12. The summed E-state index contributed by atoms with van der Waals surface area (Å²) in [7, 11) is 1.00. The SMILES string of the molecule is CO.O=C1C(CCOCc2ccccc2)CC2COCN12. The average molecular weight is 293 g/mol. The molecular weight excluding hydrogens is 270 g/mol. The summed E-state index contributed by atoms with van der Waals surface area (Å²) in [4.78, 5) is 13.9. The third kappa shape index (κ3) is 4.03. The number of aliphatic hydroxyl groups is 1. The Morgan fingerprint density at radius 2 is 2.10 bits per heavy atom. The minimum Gasteiger partial charge on any atom is -0.400 e. The standard InChI is InChI=1S/C15H19NO3.CH4O/c17-15-13(8-14-10-19-11-16(14)15)6-7-18-9-12-4-2-1-3-5-12;1-2/h1-5,13-14H,6-11H2;2H,1H3. The molecule has 2 fully saturated rings. The van der Waals surface area contributed by atoms with Crippen molar-refractivity contribution in [2.24, 2.45) is 5.92 Å². The second kappa shape index (κ2) is 8.12. The zero-order valence-electron chi connectivity index (χ0n) is 12.4. The Hall–Kier alpha value is -1.43. The molecule has 1 amide bonds. The number of nitrogens with zero attached hydrogens (tertiary/aromatic N) is 1. The van der Waals surface area contributed by atoms with Crippen LogP contribution in [-0.4, -0.2) is 49.0 Å². The zero-order valence-corrected chi connectivity index (χ0v) is 12.4. The van der Waals surface area contributed by atoms with E-state index >= 15 is 0 Å². The van der Waals surface area contributed by atoms with E-state index in [0.29, 0.717) is 32.6 Å². The summed E-state index contributed by atoms with van der Waals surface area (Å²) in [5.41, 5.74) is 1.18. The molecule has 1 aromatic rings. The van der Waals surface area contributed by atoms with Crippen molar-refractivity contribution in [1.82, 2.24) is 4.90 Å². The number of amides is 1. The van der Waals surface area contributed by atoms with Crippen LogP contribution in [0.2, 0.25) is 0 Å². The summed E-state index contributed by atoms with van der Waals surface area (Å²) in [5.74, 6) is 0.371. The Labute approximate surface area is 125 Å². The van der Waals surface area contributed by atoms with Crippen molar-refractivity contribution < 1.29 is 19.4 Å². The second-order valence-corrected chi connectivity index (χ2v) is 5.22. The number of hydrogen-bond donors (Lipinski definition) is 1. The molecule has 2 aliphatic heterocycles. The molecule has 3 rings (SSSR count). The highest BCUT2D eigenvalue weighted by Crippen LogP contribution is 2.30. The van der Waals surface area contributed by atoms with Gasteiger partial charge in [-0.3, -0.25) is 4.79 Å². The molecular formula is C16H23NO4. The predicted molar refractivity (Wildman–Crippen MR) is 78.4 cm³/mol. The van der Waals surface area contributed by atoms with E-state index in [1.165, 1.54) is 5.56 Å². The van der Waals surface area contributed by atoms with Gasteiger partial charge in [-0.15, -0.1) is 0 Å². The predicted octanol–water partition coefficient (Wildman–Crippen LogP) is 1.41. The molecule has 0 aromatic heterocycles. The van der Waals surface area contributed by atoms with Crippen molar-refractivity contribution in [2.75, 3.05) is 27.1 Å². The first-order valence-electron chi connectivity index (χ1n) is 7.29. The summed E-state index contributed by atoms with van der Waals surface area (Å²) in [5, 5.41) is 7.00. The Bertz CT molecular complexity index is 437. The number of rotatable bonds is 5. The van der Waals surface area contributed by atoms with Crippen LogP contribution in [0.3, 0.4) is 0 Å². The van der Waals surface area contributed by atoms with Gasteiger partial charge in [-0.2, -0.15) is 0 Å². The molecule has 2 unspecified atom stereocenters. The molecule has 5 nitrogen and oxygen atoms in total. The van der Waals surface area contributed by atoms with E-state index in [1.54, 1.807) is 0 Å². The van der Waals surface area contributed by atoms with E-state index in [9.17, 15) is 4.79 Å². The van der Waals surface area contributed by atoms with Crippen LogP contribution in [0.5, 0.6) is 0 Å². The molecule has 2 saturated heterocycles. The fourth-order valence-corrected chi connectivity index (χ4v) is 2.82. The number of fused-ring (bicyclic) bond motifs is 1. The molecule has 1 aromatic carbocycles. The number of carbonyl (C=O) groups is 1. The van der Waals surface area contributed by atoms with Crippen LogP contribution in [-0.2, 0) is 20.9 Å². The maximum Gasteiger partial charge on any atom is 0.228 e. The van der Waals surface area contributed by atoms with Gasteiger partial charge in [-0.25, -0.2) is 0 Å². The lowest BCUT2D eigenvalue weighted by atomic mass is 10.0. The van der Waals surface area contributed by atoms with Gasteiger partial charge in [0.1, 0.15) is 6.73 Å². The van der Waals surface area contributed by atoms with Crippen molar-refractivity contribution in [1.29, 1.82) is 0 Å². The molecule has 116 valence electrons. The van der Waals surface area contributed by atoms with Gasteiger partial charge in [-0.1, -0.05) is 30.3 Å². The van der Waals surface area contributed by atoms with Crippen LogP contribution in [0.4, 0.5) is 0 Å². The van der Waals surface area contributed by atoms with E-state index in [4.69, 9.17) is 14.6 Å². The van der Waals surface area contributed by atoms with E-state index in [-0.39, 0.29) is 11.8 Å². The van der Waals surface area contributed by atoms with Crippen molar-refractivity contribution in [3.05, 3.63) is 35.9 Å². The van der Waals surface area contributed by atoms with Crippen molar-refractivity contribution in [3.63, 3.8) is 0 Å². The molecule has 0 aliphatic carbocycles. The average Bonchev–Trinajstić information content (AvgIpc) is 3.11. The van der Waals surface area contributed by atoms with Gasteiger partial charge < -0.3 is 19.5 Å². The number of ether oxygens (including phenoxy) is 2. The van der Waals surface area contributed by atoms with E-state index in [2.05, 4.69) is 0 Å². The van der Waals surface area contributed by atoms with Crippen molar-refractivity contribution in [2.45, 2.75) is 25.5 Å². The van der Waals surface area contributed by atoms with E-state index < -0.39 is 0 Å². The molecule has 0 saturated carbocycles. The monoisotopic (exact) mass is 293 g/mol. The molecule has 0 bridgehead atoms. The summed E-state index contributed by atoms with van der Waals surface area (Å²) in [6, 6.07) is 10.4. The van der Waals surface area contributed by atoms with Gasteiger partial charge in [0.15, 0.2) is 0 Å². The number of aliphatic hydroxyl groups excluding tert-OH is 1. The third-order valence-electron chi connectivity index (χ3n) is 3.89. The smallest absolute Gasteiger partial charge is 0.228 e. The quantitative estimate of drug-likeness (QED) is 0.834. The minimum absolute atomic E-state index is 0.129. The van der Waals surface area contributed by atoms with Crippen molar-refractivity contribution in [3.8, 4) is 0 Å². The third-order valence-corrected chi connectivity index (χ3v) is 3.89. The topological polar surface area (TPSA) is 59.0 Å². The highest BCUT2D eigenvalue weighted by Gasteiger charge is 2.42. The van der Waals surface area contributed by atoms with Crippen molar-refractivity contribution >= 4 is 5.91 Å². The molecule has 2 heterocycles. The minimum atomic E-state index is 0.129. The van der Waals surface area contributed by atoms with Gasteiger partial charge in [0, 0.05) is 19.6 Å². The van der Waals surface area contributed by atoms with Crippen LogP contribution >= 0.6 is 0 Å². The molecule has 0 radical (unpaired) electrons. The lowest BCUT2D eigenvalue weighted by molar-refractivity contribution is -0.133. The van der Waals surface area contributed by atoms with Crippen LogP contribution in [0.25, 0.3) is 0 Å². The Kier molecular flexibility index (Phi) is 6.17. The molecule has 5 heteroatoms. The molecule has 1 N–H and O–H groups in total. The highest BCUT2D eigenvalue weighted by atomic mass is 16.5. The van der Waals surface area contributed by atoms with Gasteiger partial charge in [-0.05, 0) is 18.4 Å². The van der Waals surface area contributed by atoms with Gasteiger partial charge in [0.2, 0.25) is 5.91 Å². The normalized spacial score (nSPS) is 23.7. The first-order valence-corrected chi connectivity index (χ1v) is 7.29. The van der Waals surface area contributed by atoms with Crippen LogP contribution in [0.15, 0.2) is 30.3 Å². The number of benzene rings is 1. The van der Waals surface area contributed by atoms with Crippen LogP contribution in [0, 0.1) is 5.92 Å². The first-order chi connectivity index (χ1) is 10.3. The Balaban J connectivity index is 0.000000774. The largest absolute Gasteiger partial charge is 0.400 e. The van der Waals surface area contributed by atoms with Gasteiger partial charge >= 0.3 is 0 Å².